The number of hydrogen-bond donors (Lipinski definition) is 0. The number of carbonyl (C=O) groups excluding carboxylic acids is 1. The quantitative estimate of drug-likeness (QED) is 0.296. The maximum Gasteiger partial charge on any atom is 0.379 e. The number of alkyl halides is 2. The molecule has 0 aliphatic heterocycles. The van der Waals surface area contributed by atoms with Gasteiger partial charge in [0.25, 0.3) is 0 Å². The topological polar surface area (TPSA) is 44.8 Å². The van der Waals surface area contributed by atoms with Crippen molar-refractivity contribution in [2.45, 2.75) is 30.5 Å². The van der Waals surface area contributed by atoms with Gasteiger partial charge in [-0.15, -0.1) is 0 Å². The summed E-state index contributed by atoms with van der Waals surface area (Å²) in [7, 11) is 0. The van der Waals surface area contributed by atoms with Crippen LogP contribution in [0.25, 0.3) is 0 Å². The number of halogens is 3. The zero-order valence-electron chi connectivity index (χ0n) is 8.30. The van der Waals surface area contributed by atoms with Gasteiger partial charge in [0.2, 0.25) is 4.33 Å². The Kier molecular flexibility index (Phi) is 8.56. The molecule has 0 aromatic heterocycles. The van der Waals surface area contributed by atoms with Gasteiger partial charge in [-0.3, -0.25) is 4.89 Å². The molecular formula is C8H13Cl3O4. The van der Waals surface area contributed by atoms with Crippen LogP contribution in [0.3, 0.4) is 0 Å². The van der Waals surface area contributed by atoms with Gasteiger partial charge in [-0.05, 0) is 6.42 Å². The number of rotatable bonds is 8. The van der Waals surface area contributed by atoms with Crippen molar-refractivity contribution in [3.05, 3.63) is 0 Å². The van der Waals surface area contributed by atoms with Gasteiger partial charge in [0.1, 0.15) is 11.9 Å². The van der Waals surface area contributed by atoms with E-state index in [1.54, 1.807) is 0 Å². The number of hydrogen-bond acceptors (Lipinski definition) is 4. The van der Waals surface area contributed by atoms with Crippen LogP contribution in [0.1, 0.15) is 26.2 Å². The summed E-state index contributed by atoms with van der Waals surface area (Å²) in [6.45, 7) is 2.93. The van der Waals surface area contributed by atoms with Crippen LogP contribution < -0.4 is 0 Å². The van der Waals surface area contributed by atoms with Crippen LogP contribution in [0.4, 0.5) is 0 Å². The molecule has 7 heteroatoms. The lowest BCUT2D eigenvalue weighted by Crippen LogP contribution is -2.29. The van der Waals surface area contributed by atoms with Crippen molar-refractivity contribution in [1.82, 2.24) is 0 Å². The van der Waals surface area contributed by atoms with Crippen LogP contribution in [-0.2, 0) is 18.9 Å². The van der Waals surface area contributed by atoms with Gasteiger partial charge in [0.05, 0.1) is 6.61 Å². The van der Waals surface area contributed by atoms with E-state index in [1.807, 2.05) is 6.92 Å². The van der Waals surface area contributed by atoms with Crippen molar-refractivity contribution in [2.24, 2.45) is 0 Å². The molecule has 0 aromatic rings. The average Bonchev–Trinajstić information content (AvgIpc) is 2.18. The van der Waals surface area contributed by atoms with Crippen molar-refractivity contribution in [1.29, 1.82) is 0 Å². The molecule has 0 saturated heterocycles. The van der Waals surface area contributed by atoms with Crippen molar-refractivity contribution in [2.75, 3.05) is 13.2 Å². The van der Waals surface area contributed by atoms with E-state index in [2.05, 4.69) is 9.33 Å². The second-order valence-corrected chi connectivity index (χ2v) is 4.46. The molecule has 90 valence electrons. The Bertz CT molecular complexity index is 187. The van der Waals surface area contributed by atoms with E-state index in [0.717, 1.165) is 12.8 Å². The zero-order chi connectivity index (χ0) is 11.7. The van der Waals surface area contributed by atoms with E-state index in [1.165, 1.54) is 0 Å². The van der Waals surface area contributed by atoms with Gasteiger partial charge in [0.15, 0.2) is 0 Å². The molecule has 15 heavy (non-hydrogen) atoms. The minimum Gasteiger partial charge on any atom is -0.381 e. The molecule has 0 spiro atoms. The van der Waals surface area contributed by atoms with E-state index in [9.17, 15) is 4.79 Å². The third kappa shape index (κ3) is 7.19. The van der Waals surface area contributed by atoms with E-state index in [-0.39, 0.29) is 13.0 Å². The molecule has 0 fully saturated rings. The molecule has 0 aromatic carbocycles. The van der Waals surface area contributed by atoms with Crippen LogP contribution in [0.15, 0.2) is 0 Å². The third-order valence-electron chi connectivity index (χ3n) is 1.61. The fourth-order valence-electron chi connectivity index (χ4n) is 0.740. The summed E-state index contributed by atoms with van der Waals surface area (Å²) >= 11 is 16.0. The second-order valence-electron chi connectivity index (χ2n) is 2.85. The highest BCUT2D eigenvalue weighted by molar-refractivity contribution is 6.57. The normalized spacial score (nSPS) is 11.5. The monoisotopic (exact) mass is 278 g/mol. The summed E-state index contributed by atoms with van der Waals surface area (Å²) in [5.41, 5.74) is 0. The molecule has 0 atom stereocenters. The Morgan fingerprint density at radius 2 is 2.00 bits per heavy atom. The molecule has 0 rings (SSSR count). The van der Waals surface area contributed by atoms with Crippen molar-refractivity contribution < 1.29 is 18.9 Å². The molecular weight excluding hydrogens is 266 g/mol. The molecule has 0 aliphatic rings. The summed E-state index contributed by atoms with van der Waals surface area (Å²) in [4.78, 5) is 15.0. The van der Waals surface area contributed by atoms with Gasteiger partial charge in [-0.25, -0.2) is 4.79 Å². The highest BCUT2D eigenvalue weighted by Crippen LogP contribution is 2.27. The highest BCUT2D eigenvalue weighted by Gasteiger charge is 2.36. The largest absolute Gasteiger partial charge is 0.381 e. The molecule has 0 heterocycles. The van der Waals surface area contributed by atoms with Gasteiger partial charge in [-0.1, -0.05) is 41.0 Å². The van der Waals surface area contributed by atoms with E-state index < -0.39 is 10.3 Å². The minimum atomic E-state index is -1.69. The smallest absolute Gasteiger partial charge is 0.379 e. The summed E-state index contributed by atoms with van der Waals surface area (Å²) in [6.07, 6.45) is 2.10. The number of carbonyl (C=O) groups is 1. The van der Waals surface area contributed by atoms with E-state index in [4.69, 9.17) is 39.8 Å². The summed E-state index contributed by atoms with van der Waals surface area (Å²) in [5.74, 6) is -0.958. The maximum atomic E-state index is 11.0. The first kappa shape index (κ1) is 15.3. The van der Waals surface area contributed by atoms with Gasteiger partial charge < -0.3 is 4.74 Å². The first-order valence-electron chi connectivity index (χ1n) is 4.50. The van der Waals surface area contributed by atoms with Crippen LogP contribution in [0, 0.1) is 0 Å². The zero-order valence-corrected chi connectivity index (χ0v) is 10.6. The van der Waals surface area contributed by atoms with Gasteiger partial charge in [0, 0.05) is 13.0 Å². The number of unbranched alkanes of at least 4 members (excludes halogenated alkanes) is 1. The predicted octanol–water partition coefficient (Wildman–Crippen LogP) is 3.00. The molecule has 0 saturated carbocycles. The predicted molar refractivity (Wildman–Crippen MR) is 57.8 cm³/mol. The Labute approximate surface area is 104 Å². The van der Waals surface area contributed by atoms with E-state index >= 15 is 0 Å². The Balaban J connectivity index is 3.68. The van der Waals surface area contributed by atoms with Gasteiger partial charge >= 0.3 is 5.97 Å². The molecule has 0 amide bonds. The fraction of sp³-hybridized carbons (Fsp3) is 0.875. The molecule has 4 nitrogen and oxygen atoms in total. The molecule has 0 N–H and O–H groups in total. The first-order chi connectivity index (χ1) is 7.04. The summed E-state index contributed by atoms with van der Waals surface area (Å²) in [5, 5.41) is 0. The first-order valence-corrected chi connectivity index (χ1v) is 5.56. The number of ether oxygens (including phenoxy) is 1. The Morgan fingerprint density at radius 1 is 1.33 bits per heavy atom. The average molecular weight is 280 g/mol. The van der Waals surface area contributed by atoms with Crippen LogP contribution in [-0.4, -0.2) is 23.5 Å². The summed E-state index contributed by atoms with van der Waals surface area (Å²) < 4.78 is 7.14. The standard InChI is InChI=1S/C8H13Cl3O4/c1-2-3-5-13-6-4-8(9,10)7(12)14-15-11/h2-6H2,1H3. The lowest BCUT2D eigenvalue weighted by atomic mass is 10.3. The highest BCUT2D eigenvalue weighted by atomic mass is 35.5. The molecule has 0 unspecified atom stereocenters. The Morgan fingerprint density at radius 3 is 2.53 bits per heavy atom. The summed E-state index contributed by atoms with van der Waals surface area (Å²) in [6, 6.07) is 0. The lowest BCUT2D eigenvalue weighted by Gasteiger charge is -2.15. The van der Waals surface area contributed by atoms with Crippen LogP contribution >= 0.6 is 35.1 Å². The van der Waals surface area contributed by atoms with Crippen molar-refractivity contribution in [3.8, 4) is 0 Å². The molecule has 0 aliphatic carbocycles. The van der Waals surface area contributed by atoms with Crippen LogP contribution in [0.2, 0.25) is 0 Å². The van der Waals surface area contributed by atoms with Gasteiger partial charge in [-0.2, -0.15) is 0 Å². The van der Waals surface area contributed by atoms with E-state index in [0.29, 0.717) is 6.61 Å². The second kappa shape index (κ2) is 8.42. The maximum absolute atomic E-state index is 11.0. The fourth-order valence-corrected chi connectivity index (χ4v) is 1.01. The third-order valence-corrected chi connectivity index (χ3v) is 2.36. The Hall–Kier alpha value is 0.260. The lowest BCUT2D eigenvalue weighted by molar-refractivity contribution is -0.212. The molecule has 0 radical (unpaired) electrons. The minimum absolute atomic E-state index is 0.110. The van der Waals surface area contributed by atoms with Crippen molar-refractivity contribution >= 4 is 41.0 Å². The SMILES string of the molecule is CCCCOCCC(Cl)(Cl)C(=O)OOCl. The van der Waals surface area contributed by atoms with Crippen LogP contribution in [0.5, 0.6) is 0 Å². The molecule has 0 bridgehead atoms. The van der Waals surface area contributed by atoms with Crippen molar-refractivity contribution in [3.63, 3.8) is 0 Å².